The summed E-state index contributed by atoms with van der Waals surface area (Å²) in [5.74, 6) is 0. The van der Waals surface area contributed by atoms with Crippen molar-refractivity contribution in [2.24, 2.45) is 0 Å². The van der Waals surface area contributed by atoms with Gasteiger partial charge in [0, 0.05) is 21.0 Å². The molecule has 4 heteroatoms. The van der Waals surface area contributed by atoms with Crippen molar-refractivity contribution in [3.8, 4) is 6.07 Å². The molecule has 20 heavy (non-hydrogen) atoms. The number of hydrogen-bond donors (Lipinski definition) is 1. The number of hydrogen-bond acceptors (Lipinski definition) is 3. The van der Waals surface area contributed by atoms with Crippen molar-refractivity contribution in [3.05, 3.63) is 64.5 Å². The Kier molecular flexibility index (Phi) is 3.60. The minimum Gasteiger partial charge on any atom is -0.366 e. The standard InChI is InChI=1S/C16H11ClN2S/c17-11-5-7-12(8-6-11)19-15(9-18)14-10-20-16-4-2-1-3-13(14)16/h1-8,10,15,19H. The highest BCUT2D eigenvalue weighted by Crippen LogP contribution is 2.31. The minimum absolute atomic E-state index is 0.368. The average Bonchev–Trinajstić information content (AvgIpc) is 2.91. The molecule has 0 bridgehead atoms. The lowest BCUT2D eigenvalue weighted by Gasteiger charge is -2.12. The summed E-state index contributed by atoms with van der Waals surface area (Å²) in [7, 11) is 0. The smallest absolute Gasteiger partial charge is 0.141 e. The number of rotatable bonds is 3. The molecule has 0 saturated carbocycles. The number of nitrogens with zero attached hydrogens (tertiary/aromatic N) is 1. The van der Waals surface area contributed by atoms with E-state index in [1.54, 1.807) is 11.3 Å². The maximum atomic E-state index is 9.44. The second kappa shape index (κ2) is 5.54. The van der Waals surface area contributed by atoms with Gasteiger partial charge in [-0.3, -0.25) is 0 Å². The van der Waals surface area contributed by atoms with Gasteiger partial charge >= 0.3 is 0 Å². The summed E-state index contributed by atoms with van der Waals surface area (Å²) in [4.78, 5) is 0. The Morgan fingerprint density at radius 2 is 1.85 bits per heavy atom. The molecule has 0 aliphatic carbocycles. The summed E-state index contributed by atoms with van der Waals surface area (Å²) in [5.41, 5.74) is 1.90. The van der Waals surface area contributed by atoms with E-state index in [1.807, 2.05) is 41.8 Å². The molecule has 2 nitrogen and oxygen atoms in total. The van der Waals surface area contributed by atoms with Crippen LogP contribution in [0.4, 0.5) is 5.69 Å². The first-order chi connectivity index (χ1) is 9.78. The van der Waals surface area contributed by atoms with Crippen molar-refractivity contribution in [2.45, 2.75) is 6.04 Å². The molecule has 1 aromatic heterocycles. The quantitative estimate of drug-likeness (QED) is 0.718. The number of nitriles is 1. The van der Waals surface area contributed by atoms with Crippen LogP contribution in [0.2, 0.25) is 5.02 Å². The van der Waals surface area contributed by atoms with Crippen LogP contribution >= 0.6 is 22.9 Å². The molecule has 1 heterocycles. The van der Waals surface area contributed by atoms with Gasteiger partial charge in [-0.25, -0.2) is 0 Å². The van der Waals surface area contributed by atoms with Gasteiger partial charge in [-0.15, -0.1) is 11.3 Å². The van der Waals surface area contributed by atoms with Crippen molar-refractivity contribution >= 4 is 38.7 Å². The first-order valence-corrected chi connectivity index (χ1v) is 7.41. The van der Waals surface area contributed by atoms with Crippen LogP contribution in [-0.4, -0.2) is 0 Å². The van der Waals surface area contributed by atoms with Gasteiger partial charge in [-0.2, -0.15) is 5.26 Å². The van der Waals surface area contributed by atoms with Crippen LogP contribution in [0.1, 0.15) is 11.6 Å². The first-order valence-electron chi connectivity index (χ1n) is 6.16. The lowest BCUT2D eigenvalue weighted by Crippen LogP contribution is -2.07. The monoisotopic (exact) mass is 298 g/mol. The number of nitrogens with one attached hydrogen (secondary N) is 1. The summed E-state index contributed by atoms with van der Waals surface area (Å²) in [5, 5.41) is 16.5. The zero-order valence-corrected chi connectivity index (χ0v) is 12.1. The number of fused-ring (bicyclic) bond motifs is 1. The molecule has 1 atom stereocenters. The molecule has 0 fully saturated rings. The van der Waals surface area contributed by atoms with E-state index < -0.39 is 0 Å². The lowest BCUT2D eigenvalue weighted by molar-refractivity contribution is 1.02. The van der Waals surface area contributed by atoms with Gasteiger partial charge in [0.05, 0.1) is 6.07 Å². The van der Waals surface area contributed by atoms with Gasteiger partial charge in [-0.05, 0) is 41.1 Å². The molecule has 0 aliphatic heterocycles. The molecular formula is C16H11ClN2S. The maximum Gasteiger partial charge on any atom is 0.141 e. The third-order valence-corrected chi connectivity index (χ3v) is 4.34. The number of thiophene rings is 1. The molecule has 0 aliphatic rings. The first kappa shape index (κ1) is 13.0. The highest BCUT2D eigenvalue weighted by Gasteiger charge is 2.15. The largest absolute Gasteiger partial charge is 0.366 e. The fourth-order valence-corrected chi connectivity index (χ4v) is 3.23. The van der Waals surface area contributed by atoms with E-state index >= 15 is 0 Å². The van der Waals surface area contributed by atoms with Crippen LogP contribution in [0.15, 0.2) is 53.9 Å². The van der Waals surface area contributed by atoms with Crippen molar-refractivity contribution < 1.29 is 0 Å². The van der Waals surface area contributed by atoms with E-state index in [2.05, 4.69) is 23.5 Å². The van der Waals surface area contributed by atoms with Crippen molar-refractivity contribution in [1.82, 2.24) is 0 Å². The zero-order valence-electron chi connectivity index (χ0n) is 10.5. The Balaban J connectivity index is 1.94. The van der Waals surface area contributed by atoms with Gasteiger partial charge < -0.3 is 5.32 Å². The normalized spacial score (nSPS) is 12.0. The number of halogens is 1. The molecule has 3 aromatic rings. The second-order valence-electron chi connectivity index (χ2n) is 4.40. The Hall–Kier alpha value is -2.02. The van der Waals surface area contributed by atoms with E-state index in [9.17, 15) is 5.26 Å². The molecule has 98 valence electrons. The number of benzene rings is 2. The Labute approximate surface area is 126 Å². The van der Waals surface area contributed by atoms with Crippen LogP contribution in [0, 0.1) is 11.3 Å². The van der Waals surface area contributed by atoms with Crippen LogP contribution in [0.3, 0.4) is 0 Å². The highest BCUT2D eigenvalue weighted by molar-refractivity contribution is 7.17. The van der Waals surface area contributed by atoms with E-state index in [-0.39, 0.29) is 6.04 Å². The van der Waals surface area contributed by atoms with Crippen LogP contribution in [0.25, 0.3) is 10.1 Å². The molecule has 1 unspecified atom stereocenters. The molecule has 2 aromatic carbocycles. The summed E-state index contributed by atoms with van der Waals surface area (Å²) < 4.78 is 1.20. The van der Waals surface area contributed by atoms with Crippen LogP contribution in [-0.2, 0) is 0 Å². The molecule has 0 spiro atoms. The average molecular weight is 299 g/mol. The summed E-state index contributed by atoms with van der Waals surface area (Å²) >= 11 is 7.53. The van der Waals surface area contributed by atoms with E-state index in [0.717, 1.165) is 16.6 Å². The summed E-state index contributed by atoms with van der Waals surface area (Å²) in [6, 6.07) is 17.5. The van der Waals surface area contributed by atoms with E-state index in [1.165, 1.54) is 4.70 Å². The van der Waals surface area contributed by atoms with Gasteiger partial charge in [0.25, 0.3) is 0 Å². The van der Waals surface area contributed by atoms with Gasteiger partial charge in [0.1, 0.15) is 6.04 Å². The van der Waals surface area contributed by atoms with Gasteiger partial charge in [-0.1, -0.05) is 29.8 Å². The third-order valence-electron chi connectivity index (χ3n) is 3.11. The summed E-state index contributed by atoms with van der Waals surface area (Å²) in [6.45, 7) is 0. The van der Waals surface area contributed by atoms with Gasteiger partial charge in [0.2, 0.25) is 0 Å². The molecule has 3 rings (SSSR count). The van der Waals surface area contributed by atoms with E-state index in [0.29, 0.717) is 5.02 Å². The molecule has 0 amide bonds. The molecular weight excluding hydrogens is 288 g/mol. The highest BCUT2D eigenvalue weighted by atomic mass is 35.5. The predicted molar refractivity (Wildman–Crippen MR) is 85.3 cm³/mol. The Morgan fingerprint density at radius 1 is 1.10 bits per heavy atom. The minimum atomic E-state index is -0.368. The fourth-order valence-electron chi connectivity index (χ4n) is 2.11. The number of anilines is 1. The van der Waals surface area contributed by atoms with Crippen LogP contribution < -0.4 is 5.32 Å². The molecule has 0 saturated heterocycles. The predicted octanol–water partition coefficient (Wildman–Crippen LogP) is 5.23. The van der Waals surface area contributed by atoms with E-state index in [4.69, 9.17) is 11.6 Å². The lowest BCUT2D eigenvalue weighted by atomic mass is 10.1. The SMILES string of the molecule is N#CC(Nc1ccc(Cl)cc1)c1csc2ccccc12. The van der Waals surface area contributed by atoms with Crippen LogP contribution in [0.5, 0.6) is 0 Å². The Bertz CT molecular complexity index is 771. The topological polar surface area (TPSA) is 35.8 Å². The van der Waals surface area contributed by atoms with Crippen molar-refractivity contribution in [3.63, 3.8) is 0 Å². The maximum absolute atomic E-state index is 9.44. The zero-order chi connectivity index (χ0) is 13.9. The Morgan fingerprint density at radius 3 is 2.60 bits per heavy atom. The molecule has 0 radical (unpaired) electrons. The van der Waals surface area contributed by atoms with Crippen molar-refractivity contribution in [1.29, 1.82) is 5.26 Å². The molecule has 1 N–H and O–H groups in total. The van der Waals surface area contributed by atoms with Crippen molar-refractivity contribution in [2.75, 3.05) is 5.32 Å². The third kappa shape index (κ3) is 2.49. The fraction of sp³-hybridized carbons (Fsp3) is 0.0625. The summed E-state index contributed by atoms with van der Waals surface area (Å²) in [6.07, 6.45) is 0. The van der Waals surface area contributed by atoms with Gasteiger partial charge in [0.15, 0.2) is 0 Å². The second-order valence-corrected chi connectivity index (χ2v) is 5.75.